The number of piperidine rings is 1. The van der Waals surface area contributed by atoms with Crippen LogP contribution in [0.2, 0.25) is 0 Å². The van der Waals surface area contributed by atoms with E-state index < -0.39 is 5.54 Å². The molecule has 23 heavy (non-hydrogen) atoms. The Kier molecular flexibility index (Phi) is 4.60. The fraction of sp³-hybridized carbons (Fsp3) is 0.611. The number of aromatic hydroxyl groups is 1. The number of phenols is 1. The number of hydrogen-bond acceptors (Lipinski definition) is 4. The predicted octanol–water partition coefficient (Wildman–Crippen LogP) is 1.45. The number of carbonyl (C=O) groups is 1. The van der Waals surface area contributed by atoms with Crippen LogP contribution in [0.3, 0.4) is 0 Å². The van der Waals surface area contributed by atoms with E-state index in [1.807, 2.05) is 13.0 Å². The van der Waals surface area contributed by atoms with Gasteiger partial charge in [0.1, 0.15) is 5.75 Å². The van der Waals surface area contributed by atoms with Crippen molar-refractivity contribution in [3.05, 3.63) is 28.8 Å². The summed E-state index contributed by atoms with van der Waals surface area (Å²) < 4.78 is 0. The van der Waals surface area contributed by atoms with Crippen LogP contribution in [0, 0.1) is 6.92 Å². The van der Waals surface area contributed by atoms with E-state index in [-0.39, 0.29) is 17.7 Å². The van der Waals surface area contributed by atoms with Crippen LogP contribution in [0.1, 0.15) is 48.8 Å². The average molecular weight is 317 g/mol. The van der Waals surface area contributed by atoms with E-state index in [4.69, 9.17) is 5.73 Å². The third-order valence-corrected chi connectivity index (χ3v) is 5.29. The molecule has 5 N–H and O–H groups in total. The summed E-state index contributed by atoms with van der Waals surface area (Å²) in [5.41, 5.74) is 8.97. The van der Waals surface area contributed by atoms with Gasteiger partial charge in [-0.1, -0.05) is 12.5 Å². The van der Waals surface area contributed by atoms with Crippen LogP contribution in [0.4, 0.5) is 0 Å². The van der Waals surface area contributed by atoms with E-state index in [0.717, 1.165) is 42.5 Å². The SMILES string of the molecule is Cc1ccc(O)c2c1CCC2(N)CNC(=O)CC1CCCCN1. The highest BCUT2D eigenvalue weighted by atomic mass is 16.3. The van der Waals surface area contributed by atoms with E-state index in [2.05, 4.69) is 10.6 Å². The molecule has 0 radical (unpaired) electrons. The van der Waals surface area contributed by atoms with E-state index >= 15 is 0 Å². The lowest BCUT2D eigenvalue weighted by Crippen LogP contribution is -2.47. The second-order valence-corrected chi connectivity index (χ2v) is 7.04. The molecule has 1 heterocycles. The van der Waals surface area contributed by atoms with Crippen molar-refractivity contribution < 1.29 is 9.90 Å². The van der Waals surface area contributed by atoms with Gasteiger partial charge in [-0.3, -0.25) is 4.79 Å². The number of hydrogen-bond donors (Lipinski definition) is 4. The van der Waals surface area contributed by atoms with Gasteiger partial charge in [0.15, 0.2) is 0 Å². The van der Waals surface area contributed by atoms with Crippen LogP contribution in [-0.2, 0) is 16.8 Å². The third kappa shape index (κ3) is 3.35. The summed E-state index contributed by atoms with van der Waals surface area (Å²) in [6.07, 6.45) is 5.55. The molecule has 2 aliphatic rings. The fourth-order valence-corrected chi connectivity index (χ4v) is 3.92. The van der Waals surface area contributed by atoms with Crippen LogP contribution in [0.15, 0.2) is 12.1 Å². The molecule has 2 atom stereocenters. The monoisotopic (exact) mass is 317 g/mol. The average Bonchev–Trinajstić information content (AvgIpc) is 2.90. The molecule has 2 unspecified atom stereocenters. The number of rotatable bonds is 4. The predicted molar refractivity (Wildman–Crippen MR) is 90.3 cm³/mol. The molecule has 0 aromatic heterocycles. The zero-order valence-electron chi connectivity index (χ0n) is 13.8. The van der Waals surface area contributed by atoms with Crippen molar-refractivity contribution >= 4 is 5.91 Å². The van der Waals surface area contributed by atoms with E-state index in [0.29, 0.717) is 13.0 Å². The molecule has 1 amide bonds. The molecule has 0 bridgehead atoms. The van der Waals surface area contributed by atoms with Gasteiger partial charge in [-0.15, -0.1) is 0 Å². The topological polar surface area (TPSA) is 87.4 Å². The molecule has 1 aromatic carbocycles. The van der Waals surface area contributed by atoms with Crippen molar-refractivity contribution in [1.29, 1.82) is 0 Å². The van der Waals surface area contributed by atoms with Gasteiger partial charge in [-0.25, -0.2) is 0 Å². The van der Waals surface area contributed by atoms with Gasteiger partial charge in [0.25, 0.3) is 0 Å². The van der Waals surface area contributed by atoms with Crippen molar-refractivity contribution in [2.45, 2.75) is 57.0 Å². The van der Waals surface area contributed by atoms with Gasteiger partial charge in [-0.2, -0.15) is 0 Å². The van der Waals surface area contributed by atoms with E-state index in [1.165, 1.54) is 12.8 Å². The minimum atomic E-state index is -0.666. The van der Waals surface area contributed by atoms with Gasteiger partial charge in [0.05, 0.1) is 5.54 Å². The summed E-state index contributed by atoms with van der Waals surface area (Å²) >= 11 is 0. The minimum absolute atomic E-state index is 0.0369. The standard InChI is InChI=1S/C18H27N3O2/c1-12-5-6-15(22)17-14(12)7-8-18(17,19)11-21-16(23)10-13-4-2-3-9-20-13/h5-6,13,20,22H,2-4,7-11,19H2,1H3,(H,21,23). The zero-order chi connectivity index (χ0) is 16.4. The van der Waals surface area contributed by atoms with E-state index in [1.54, 1.807) is 6.07 Å². The van der Waals surface area contributed by atoms with Gasteiger partial charge < -0.3 is 21.5 Å². The van der Waals surface area contributed by atoms with E-state index in [9.17, 15) is 9.90 Å². The number of carbonyl (C=O) groups excluding carboxylic acids is 1. The first-order chi connectivity index (χ1) is 11.0. The Morgan fingerprint density at radius 2 is 2.30 bits per heavy atom. The van der Waals surface area contributed by atoms with Gasteiger partial charge >= 0.3 is 0 Å². The normalized spacial score (nSPS) is 26.8. The van der Waals surface area contributed by atoms with Crippen LogP contribution in [0.5, 0.6) is 5.75 Å². The number of amides is 1. The summed E-state index contributed by atoms with van der Waals surface area (Å²) in [4.78, 5) is 12.2. The molecular weight excluding hydrogens is 290 g/mol. The molecule has 0 saturated carbocycles. The first-order valence-corrected chi connectivity index (χ1v) is 8.60. The number of fused-ring (bicyclic) bond motifs is 1. The molecule has 1 aliphatic carbocycles. The maximum absolute atomic E-state index is 12.2. The minimum Gasteiger partial charge on any atom is -0.508 e. The van der Waals surface area contributed by atoms with Gasteiger partial charge in [0, 0.05) is 24.6 Å². The maximum Gasteiger partial charge on any atom is 0.221 e. The Morgan fingerprint density at radius 3 is 3.04 bits per heavy atom. The lowest BCUT2D eigenvalue weighted by atomic mass is 9.91. The zero-order valence-corrected chi connectivity index (χ0v) is 13.8. The number of nitrogens with one attached hydrogen (secondary N) is 2. The molecule has 3 rings (SSSR count). The number of benzene rings is 1. The maximum atomic E-state index is 12.2. The Balaban J connectivity index is 1.63. The molecule has 0 spiro atoms. The Labute approximate surface area is 137 Å². The van der Waals surface area contributed by atoms with Crippen molar-refractivity contribution in [3.8, 4) is 5.75 Å². The lowest BCUT2D eigenvalue weighted by molar-refractivity contribution is -0.122. The molecular formula is C18H27N3O2. The fourth-order valence-electron chi connectivity index (χ4n) is 3.92. The van der Waals surface area contributed by atoms with Crippen LogP contribution in [0.25, 0.3) is 0 Å². The molecule has 1 aromatic rings. The number of phenolic OH excluding ortho intramolecular Hbond substituents is 1. The third-order valence-electron chi connectivity index (χ3n) is 5.29. The van der Waals surface area contributed by atoms with Crippen molar-refractivity contribution in [1.82, 2.24) is 10.6 Å². The molecule has 5 nitrogen and oxygen atoms in total. The largest absolute Gasteiger partial charge is 0.508 e. The molecule has 1 saturated heterocycles. The summed E-state index contributed by atoms with van der Waals surface area (Å²) in [6, 6.07) is 3.91. The van der Waals surface area contributed by atoms with Gasteiger partial charge in [-0.05, 0) is 56.3 Å². The Hall–Kier alpha value is -1.59. The molecule has 5 heteroatoms. The second-order valence-electron chi connectivity index (χ2n) is 7.04. The summed E-state index contributed by atoms with van der Waals surface area (Å²) in [5, 5.41) is 16.6. The van der Waals surface area contributed by atoms with Crippen LogP contribution in [-0.4, -0.2) is 30.1 Å². The molecule has 1 fully saturated rings. The highest BCUT2D eigenvalue weighted by Crippen LogP contribution is 2.41. The van der Waals surface area contributed by atoms with Crippen LogP contribution < -0.4 is 16.4 Å². The van der Waals surface area contributed by atoms with Crippen molar-refractivity contribution in [2.75, 3.05) is 13.1 Å². The first kappa shape index (κ1) is 16.3. The summed E-state index contributed by atoms with van der Waals surface area (Å²) in [7, 11) is 0. The Bertz CT molecular complexity index is 596. The van der Waals surface area contributed by atoms with Gasteiger partial charge in [0.2, 0.25) is 5.91 Å². The number of nitrogens with two attached hydrogens (primary N) is 1. The highest BCUT2D eigenvalue weighted by molar-refractivity contribution is 5.76. The van der Waals surface area contributed by atoms with Crippen molar-refractivity contribution in [2.24, 2.45) is 5.73 Å². The molecule has 1 aliphatic heterocycles. The smallest absolute Gasteiger partial charge is 0.221 e. The number of aryl methyl sites for hydroxylation is 1. The molecule has 126 valence electrons. The summed E-state index contributed by atoms with van der Waals surface area (Å²) in [6.45, 7) is 3.42. The quantitative estimate of drug-likeness (QED) is 0.677. The van der Waals surface area contributed by atoms with Crippen LogP contribution >= 0.6 is 0 Å². The Morgan fingerprint density at radius 1 is 1.48 bits per heavy atom. The lowest BCUT2D eigenvalue weighted by Gasteiger charge is -2.28. The second kappa shape index (κ2) is 6.49. The highest BCUT2D eigenvalue weighted by Gasteiger charge is 2.38. The first-order valence-electron chi connectivity index (χ1n) is 8.60. The summed E-state index contributed by atoms with van der Waals surface area (Å²) in [5.74, 6) is 0.281. The van der Waals surface area contributed by atoms with Crippen molar-refractivity contribution in [3.63, 3.8) is 0 Å².